The Labute approximate surface area is 324 Å². The van der Waals surface area contributed by atoms with Crippen LogP contribution in [0.5, 0.6) is 0 Å². The molecule has 55 heavy (non-hydrogen) atoms. The lowest BCUT2D eigenvalue weighted by molar-refractivity contribution is -0.339. The number of aliphatic hydroxyl groups is 9. The van der Waals surface area contributed by atoms with Crippen LogP contribution < -0.4 is 0 Å². The number of ether oxygens (including phenoxy) is 5. The fourth-order valence-electron chi connectivity index (χ4n) is 14.9. The van der Waals surface area contributed by atoms with Crippen molar-refractivity contribution in [1.82, 2.24) is 0 Å². The molecule has 3 aliphatic heterocycles. The van der Waals surface area contributed by atoms with Gasteiger partial charge in [-0.25, -0.2) is 0 Å². The molecule has 2 spiro atoms. The van der Waals surface area contributed by atoms with Crippen LogP contribution in [0.25, 0.3) is 0 Å². The standard InChI is InChI=1S/C41H68O14/c1-35(2)24(54-33-29(48)26(45)20(44)17-51-33)9-11-41-18-40(41)13-12-37(5)31(39(7)10-8-25(55-39)36(3,4)50)19(43)15-38(37,6)23(40)14-21(32(35)41)52-34-30(49)28(47)27(46)22(16-42)53-34/h19-34,42-50H,8-18H2,1-7H3/t19?,20-,21?,22-,23?,24?,25?,26+,27-,28+,29-,30-,31?,32?,33+,34-,37-,38+,39?,40?,41?/m1/s1. The van der Waals surface area contributed by atoms with Crippen LogP contribution in [0.4, 0.5) is 0 Å². The SMILES string of the molecule is CC(C)(O)C1CCC(C)(C2C(O)C[C@@]3(C)C4CC(O[C@@H]5O[C@H](CO)[C@@H](O)[C@H](O)[C@H]5O)C5C(C)(C)C(O[C@@H]6OC[C@@H](O)[C@H](O)[C@H]6O)CCC56CC46CC[C@]23C)O1. The molecule has 9 N–H and O–H groups in total. The maximum Gasteiger partial charge on any atom is 0.186 e. The minimum Gasteiger partial charge on any atom is -0.394 e. The van der Waals surface area contributed by atoms with E-state index >= 15 is 0 Å². The van der Waals surface area contributed by atoms with Gasteiger partial charge in [-0.3, -0.25) is 0 Å². The zero-order valence-electron chi connectivity index (χ0n) is 33.6. The smallest absolute Gasteiger partial charge is 0.186 e. The molecule has 10 unspecified atom stereocenters. The summed E-state index contributed by atoms with van der Waals surface area (Å²) in [5, 5.41) is 97.2. The molecule has 0 amide bonds. The monoisotopic (exact) mass is 784 g/mol. The van der Waals surface area contributed by atoms with Crippen LogP contribution >= 0.6 is 0 Å². The molecule has 0 bridgehead atoms. The van der Waals surface area contributed by atoms with Crippen molar-refractivity contribution in [2.75, 3.05) is 13.2 Å². The highest BCUT2D eigenvalue weighted by Crippen LogP contribution is 2.89. The summed E-state index contributed by atoms with van der Waals surface area (Å²) >= 11 is 0. The molecule has 8 fully saturated rings. The zero-order chi connectivity index (χ0) is 40.1. The van der Waals surface area contributed by atoms with Gasteiger partial charge in [0.15, 0.2) is 12.6 Å². The van der Waals surface area contributed by atoms with E-state index in [4.69, 9.17) is 23.7 Å². The van der Waals surface area contributed by atoms with E-state index in [1.165, 1.54) is 0 Å². The van der Waals surface area contributed by atoms with Gasteiger partial charge in [0.05, 0.1) is 48.8 Å². The lowest BCUT2D eigenvalue weighted by Gasteiger charge is -2.65. The first-order chi connectivity index (χ1) is 25.5. The second kappa shape index (κ2) is 13.2. The van der Waals surface area contributed by atoms with Crippen molar-refractivity contribution in [2.24, 2.45) is 44.8 Å². The van der Waals surface area contributed by atoms with Crippen molar-refractivity contribution in [2.45, 2.75) is 197 Å². The fraction of sp³-hybridized carbons (Fsp3) is 1.00. The van der Waals surface area contributed by atoms with E-state index in [2.05, 4.69) is 34.6 Å². The van der Waals surface area contributed by atoms with Gasteiger partial charge in [-0.1, -0.05) is 27.7 Å². The summed E-state index contributed by atoms with van der Waals surface area (Å²) in [6.07, 6.45) is -7.48. The lowest BCUT2D eigenvalue weighted by Crippen LogP contribution is -2.65. The minimum absolute atomic E-state index is 0.0633. The highest BCUT2D eigenvalue weighted by molar-refractivity contribution is 5.33. The van der Waals surface area contributed by atoms with Crippen molar-refractivity contribution in [3.05, 3.63) is 0 Å². The quantitative estimate of drug-likeness (QED) is 0.162. The van der Waals surface area contributed by atoms with E-state index in [0.717, 1.165) is 32.1 Å². The average molecular weight is 785 g/mol. The second-order valence-corrected chi connectivity index (χ2v) is 21.1. The van der Waals surface area contributed by atoms with E-state index in [-0.39, 0.29) is 52.1 Å². The summed E-state index contributed by atoms with van der Waals surface area (Å²) in [6.45, 7) is 13.8. The highest BCUT2D eigenvalue weighted by Gasteiger charge is 2.85. The van der Waals surface area contributed by atoms with E-state index in [9.17, 15) is 46.0 Å². The first-order valence-electron chi connectivity index (χ1n) is 20.9. The molecule has 316 valence electrons. The van der Waals surface area contributed by atoms with Crippen LogP contribution in [0.1, 0.15) is 106 Å². The number of fused-ring (bicyclic) bond motifs is 2. The van der Waals surface area contributed by atoms with E-state index in [1.54, 1.807) is 13.8 Å². The molecule has 0 aromatic heterocycles. The summed E-state index contributed by atoms with van der Waals surface area (Å²) < 4.78 is 31.9. The van der Waals surface area contributed by atoms with Gasteiger partial charge in [0, 0.05) is 5.92 Å². The third-order valence-electron chi connectivity index (χ3n) is 17.6. The molecule has 5 saturated carbocycles. The summed E-state index contributed by atoms with van der Waals surface area (Å²) in [5.74, 6) is -0.215. The molecule has 3 heterocycles. The molecule has 0 aromatic rings. The molecule has 0 radical (unpaired) electrons. The summed E-state index contributed by atoms with van der Waals surface area (Å²) in [5.41, 5.74) is -3.16. The fourth-order valence-corrected chi connectivity index (χ4v) is 14.9. The van der Waals surface area contributed by atoms with Crippen molar-refractivity contribution in [3.8, 4) is 0 Å². The van der Waals surface area contributed by atoms with Crippen LogP contribution in [-0.2, 0) is 23.7 Å². The van der Waals surface area contributed by atoms with Gasteiger partial charge in [-0.15, -0.1) is 0 Å². The number of hydrogen-bond donors (Lipinski definition) is 9. The summed E-state index contributed by atoms with van der Waals surface area (Å²) in [6, 6.07) is 0. The Balaban J connectivity index is 1.15. The van der Waals surface area contributed by atoms with Crippen molar-refractivity contribution >= 4 is 0 Å². The van der Waals surface area contributed by atoms with E-state index < -0.39 is 96.8 Å². The van der Waals surface area contributed by atoms with Gasteiger partial charge in [-0.05, 0) is 117 Å². The van der Waals surface area contributed by atoms with Gasteiger partial charge in [0.25, 0.3) is 0 Å². The van der Waals surface area contributed by atoms with Crippen LogP contribution in [0.2, 0.25) is 0 Å². The maximum absolute atomic E-state index is 12.2. The third-order valence-corrected chi connectivity index (χ3v) is 17.6. The van der Waals surface area contributed by atoms with Gasteiger partial charge in [0.2, 0.25) is 0 Å². The predicted octanol–water partition coefficient (Wildman–Crippen LogP) is 0.724. The molecule has 14 nitrogen and oxygen atoms in total. The number of aliphatic hydroxyl groups excluding tert-OH is 8. The van der Waals surface area contributed by atoms with Crippen LogP contribution in [0.3, 0.4) is 0 Å². The molecule has 8 aliphatic rings. The summed E-state index contributed by atoms with van der Waals surface area (Å²) in [7, 11) is 0. The molecule has 14 heteroatoms. The Morgan fingerprint density at radius 2 is 1.40 bits per heavy atom. The predicted molar refractivity (Wildman–Crippen MR) is 194 cm³/mol. The normalized spacial score (nSPS) is 58.7. The topological polar surface area (TPSA) is 228 Å². The number of hydrogen-bond acceptors (Lipinski definition) is 14. The van der Waals surface area contributed by atoms with Crippen LogP contribution in [0, 0.1) is 44.8 Å². The Bertz CT molecular complexity index is 1460. The third kappa shape index (κ3) is 5.70. The van der Waals surface area contributed by atoms with E-state index in [0.29, 0.717) is 25.7 Å². The van der Waals surface area contributed by atoms with Crippen LogP contribution in [-0.4, -0.2) is 150 Å². The van der Waals surface area contributed by atoms with Crippen LogP contribution in [0.15, 0.2) is 0 Å². The minimum atomic E-state index is -1.60. The Morgan fingerprint density at radius 1 is 0.709 bits per heavy atom. The Morgan fingerprint density at radius 3 is 2.05 bits per heavy atom. The number of rotatable bonds is 7. The lowest BCUT2D eigenvalue weighted by atomic mass is 9.41. The highest BCUT2D eigenvalue weighted by atomic mass is 16.7. The average Bonchev–Trinajstić information content (AvgIpc) is 3.47. The molecule has 5 aliphatic carbocycles. The molecule has 0 aromatic carbocycles. The molecule has 8 rings (SSSR count). The van der Waals surface area contributed by atoms with Gasteiger partial charge >= 0.3 is 0 Å². The first kappa shape index (κ1) is 41.2. The van der Waals surface area contributed by atoms with Crippen molar-refractivity contribution in [3.63, 3.8) is 0 Å². The Hall–Kier alpha value is -0.560. The maximum atomic E-state index is 12.2. The first-order valence-corrected chi connectivity index (χ1v) is 20.9. The molecule has 21 atom stereocenters. The van der Waals surface area contributed by atoms with Crippen molar-refractivity contribution < 1.29 is 69.6 Å². The largest absolute Gasteiger partial charge is 0.394 e. The van der Waals surface area contributed by atoms with Gasteiger partial charge < -0.3 is 69.6 Å². The molecule has 3 saturated heterocycles. The zero-order valence-corrected chi connectivity index (χ0v) is 33.6. The van der Waals surface area contributed by atoms with Gasteiger partial charge in [-0.2, -0.15) is 0 Å². The van der Waals surface area contributed by atoms with Crippen molar-refractivity contribution in [1.29, 1.82) is 0 Å². The Kier molecular flexibility index (Phi) is 9.90. The second-order valence-electron chi connectivity index (χ2n) is 21.1. The molecular formula is C41H68O14. The van der Waals surface area contributed by atoms with E-state index in [1.807, 2.05) is 0 Å². The van der Waals surface area contributed by atoms with Gasteiger partial charge in [0.1, 0.15) is 42.7 Å². The summed E-state index contributed by atoms with van der Waals surface area (Å²) in [4.78, 5) is 0. The molecular weight excluding hydrogens is 716 g/mol.